The third-order valence-corrected chi connectivity index (χ3v) is 7.29. The van der Waals surface area contributed by atoms with E-state index in [0.717, 1.165) is 27.8 Å². The van der Waals surface area contributed by atoms with Crippen molar-refractivity contribution in [3.05, 3.63) is 18.0 Å². The minimum Gasteiger partial charge on any atom is -0.399 e. The van der Waals surface area contributed by atoms with Gasteiger partial charge in [0.15, 0.2) is 0 Å². The molecular weight excluding hydrogens is 366 g/mol. The lowest BCUT2D eigenvalue weighted by Crippen LogP contribution is -2.41. The average Bonchev–Trinajstić information content (AvgIpc) is 3.06. The highest BCUT2D eigenvalue weighted by atomic mass is 16.7. The number of aromatic nitrogens is 2. The maximum Gasteiger partial charge on any atom is 0.497 e. The molecule has 0 radical (unpaired) electrons. The van der Waals surface area contributed by atoms with Crippen molar-refractivity contribution in [3.63, 3.8) is 0 Å². The fourth-order valence-corrected chi connectivity index (χ4v) is 3.72. The van der Waals surface area contributed by atoms with Gasteiger partial charge in [0, 0.05) is 12.5 Å². The largest absolute Gasteiger partial charge is 0.497 e. The molecule has 2 aromatic rings. The topological polar surface area (TPSA) is 54.7 Å². The first-order valence-corrected chi connectivity index (χ1v) is 10.3. The molecule has 0 aliphatic carbocycles. The lowest BCUT2D eigenvalue weighted by molar-refractivity contribution is 0.00578. The van der Waals surface area contributed by atoms with Crippen molar-refractivity contribution >= 4 is 36.2 Å². The molecule has 0 bridgehead atoms. The van der Waals surface area contributed by atoms with Gasteiger partial charge < -0.3 is 23.2 Å². The molecular formula is C21H32B2N2O4. The number of benzene rings is 1. The van der Waals surface area contributed by atoms with E-state index < -0.39 is 36.6 Å². The van der Waals surface area contributed by atoms with Gasteiger partial charge in [-0.25, -0.2) is 4.98 Å². The molecule has 1 aromatic carbocycles. The zero-order chi connectivity index (χ0) is 21.6. The first-order chi connectivity index (χ1) is 13.2. The molecule has 156 valence electrons. The highest BCUT2D eigenvalue weighted by Crippen LogP contribution is 2.38. The van der Waals surface area contributed by atoms with Crippen molar-refractivity contribution in [2.45, 2.75) is 84.7 Å². The van der Waals surface area contributed by atoms with Gasteiger partial charge in [-0.1, -0.05) is 6.07 Å². The quantitative estimate of drug-likeness (QED) is 0.728. The molecule has 1 aromatic heterocycles. The van der Waals surface area contributed by atoms with Crippen molar-refractivity contribution < 1.29 is 18.6 Å². The predicted molar refractivity (Wildman–Crippen MR) is 117 cm³/mol. The summed E-state index contributed by atoms with van der Waals surface area (Å²) in [6.45, 7) is 18.5. The Labute approximate surface area is 174 Å². The van der Waals surface area contributed by atoms with E-state index in [-0.39, 0.29) is 0 Å². The van der Waals surface area contributed by atoms with E-state index >= 15 is 0 Å². The Morgan fingerprint density at radius 2 is 1.21 bits per heavy atom. The van der Waals surface area contributed by atoms with Crippen LogP contribution in [-0.2, 0) is 25.7 Å². The molecule has 29 heavy (non-hydrogen) atoms. The number of imidazole rings is 1. The van der Waals surface area contributed by atoms with E-state index in [4.69, 9.17) is 23.6 Å². The molecule has 2 saturated heterocycles. The maximum atomic E-state index is 6.35. The van der Waals surface area contributed by atoms with Crippen LogP contribution in [0, 0.1) is 6.92 Å². The van der Waals surface area contributed by atoms with Crippen LogP contribution in [0.1, 0.15) is 61.2 Å². The van der Waals surface area contributed by atoms with Crippen molar-refractivity contribution in [1.29, 1.82) is 0 Å². The predicted octanol–water partition coefficient (Wildman–Crippen LogP) is 2.48. The minimum absolute atomic E-state index is 0.403. The van der Waals surface area contributed by atoms with Crippen molar-refractivity contribution in [1.82, 2.24) is 9.55 Å². The van der Waals surface area contributed by atoms with Crippen LogP contribution in [0.15, 0.2) is 12.1 Å². The van der Waals surface area contributed by atoms with Gasteiger partial charge in [0.2, 0.25) is 0 Å². The van der Waals surface area contributed by atoms with Gasteiger partial charge in [-0.2, -0.15) is 0 Å². The van der Waals surface area contributed by atoms with E-state index in [0.29, 0.717) is 0 Å². The number of hydrogen-bond acceptors (Lipinski definition) is 5. The second kappa shape index (κ2) is 6.10. The molecule has 0 amide bonds. The summed E-state index contributed by atoms with van der Waals surface area (Å²) >= 11 is 0. The average molecular weight is 398 g/mol. The molecule has 4 rings (SSSR count). The first-order valence-electron chi connectivity index (χ1n) is 10.3. The lowest BCUT2D eigenvalue weighted by Gasteiger charge is -2.32. The number of hydrogen-bond donors (Lipinski definition) is 0. The van der Waals surface area contributed by atoms with Gasteiger partial charge in [-0.05, 0) is 73.8 Å². The second-order valence-corrected chi connectivity index (χ2v) is 10.4. The normalized spacial score (nSPS) is 24.6. The van der Waals surface area contributed by atoms with Crippen LogP contribution in [0.2, 0.25) is 0 Å². The third kappa shape index (κ3) is 3.07. The van der Waals surface area contributed by atoms with Crippen LogP contribution in [0.3, 0.4) is 0 Å². The minimum atomic E-state index is -0.501. The lowest BCUT2D eigenvalue weighted by atomic mass is 9.71. The number of nitrogens with zero attached hydrogens (tertiary/aromatic N) is 2. The Bertz CT molecular complexity index is 949. The summed E-state index contributed by atoms with van der Waals surface area (Å²) in [5.41, 5.74) is 2.11. The molecule has 8 heteroatoms. The summed E-state index contributed by atoms with van der Waals surface area (Å²) in [5.74, 6) is 0.934. The molecule has 6 nitrogen and oxygen atoms in total. The van der Waals surface area contributed by atoms with Gasteiger partial charge in [0.1, 0.15) is 5.82 Å². The molecule has 0 spiro atoms. The molecule has 2 aliphatic rings. The third-order valence-electron chi connectivity index (χ3n) is 7.29. The fraction of sp³-hybridized carbons (Fsp3) is 0.667. The summed E-state index contributed by atoms with van der Waals surface area (Å²) in [7, 11) is 1.06. The Morgan fingerprint density at radius 1 is 0.759 bits per heavy atom. The fourth-order valence-electron chi connectivity index (χ4n) is 3.72. The van der Waals surface area contributed by atoms with Crippen LogP contribution in [-0.4, -0.2) is 46.2 Å². The van der Waals surface area contributed by atoms with Gasteiger partial charge in [-0.15, -0.1) is 0 Å². The Morgan fingerprint density at radius 3 is 1.69 bits per heavy atom. The van der Waals surface area contributed by atoms with Gasteiger partial charge in [0.05, 0.1) is 33.4 Å². The molecule has 2 fully saturated rings. The summed E-state index contributed by atoms with van der Waals surface area (Å²) in [5, 5.41) is 0. The van der Waals surface area contributed by atoms with E-state index in [2.05, 4.69) is 72.1 Å². The van der Waals surface area contributed by atoms with Gasteiger partial charge >= 0.3 is 14.2 Å². The molecule has 0 N–H and O–H groups in total. The highest BCUT2D eigenvalue weighted by molar-refractivity contribution is 6.68. The zero-order valence-corrected chi connectivity index (χ0v) is 19.3. The molecule has 0 saturated carbocycles. The number of fused-ring (bicyclic) bond motifs is 1. The second-order valence-electron chi connectivity index (χ2n) is 10.4. The summed E-state index contributed by atoms with van der Waals surface area (Å²) in [6, 6.07) is 4.17. The van der Waals surface area contributed by atoms with Crippen LogP contribution in [0.25, 0.3) is 11.0 Å². The van der Waals surface area contributed by atoms with Gasteiger partial charge in [0.25, 0.3) is 0 Å². The summed E-state index contributed by atoms with van der Waals surface area (Å²) < 4.78 is 27.4. The van der Waals surface area contributed by atoms with E-state index in [1.807, 2.05) is 14.0 Å². The van der Waals surface area contributed by atoms with Crippen LogP contribution < -0.4 is 10.9 Å². The SMILES string of the molecule is Cc1nc2c(B3OC(C)(C)C(C)(C)O3)cc(B3OC(C)(C)C(C)(C)O3)cc2n1C. The van der Waals surface area contributed by atoms with E-state index in [9.17, 15) is 0 Å². The molecule has 0 unspecified atom stereocenters. The number of rotatable bonds is 2. The monoisotopic (exact) mass is 398 g/mol. The van der Waals surface area contributed by atoms with Crippen LogP contribution in [0.5, 0.6) is 0 Å². The zero-order valence-electron chi connectivity index (χ0n) is 19.3. The smallest absolute Gasteiger partial charge is 0.399 e. The Kier molecular flexibility index (Phi) is 4.40. The number of aryl methyl sites for hydroxylation is 2. The van der Waals surface area contributed by atoms with Crippen molar-refractivity contribution in [2.75, 3.05) is 0 Å². The van der Waals surface area contributed by atoms with Crippen LogP contribution in [0.4, 0.5) is 0 Å². The highest BCUT2D eigenvalue weighted by Gasteiger charge is 2.54. The van der Waals surface area contributed by atoms with Crippen molar-refractivity contribution in [3.8, 4) is 0 Å². The Hall–Kier alpha value is -1.34. The summed E-state index contributed by atoms with van der Waals surface area (Å²) in [4.78, 5) is 4.80. The van der Waals surface area contributed by atoms with Gasteiger partial charge in [-0.3, -0.25) is 0 Å². The molecule has 2 aliphatic heterocycles. The molecule has 3 heterocycles. The first kappa shape index (κ1) is 20.9. The Balaban J connectivity index is 1.84. The van der Waals surface area contributed by atoms with E-state index in [1.165, 1.54) is 0 Å². The van der Waals surface area contributed by atoms with Crippen molar-refractivity contribution in [2.24, 2.45) is 7.05 Å². The van der Waals surface area contributed by atoms with E-state index in [1.54, 1.807) is 0 Å². The molecule has 0 atom stereocenters. The maximum absolute atomic E-state index is 6.35. The summed E-state index contributed by atoms with van der Waals surface area (Å²) in [6.07, 6.45) is 0. The standard InChI is InChI=1S/C21H32B2N2O4/c1-13-24-17-15(23-28-20(6,7)21(8,9)29-23)11-14(12-16(17)25(13)10)22-26-18(2,3)19(4,5)27-22/h11-12H,1-10H3. The van der Waals surface area contributed by atoms with Crippen LogP contribution >= 0.6 is 0 Å².